The Balaban J connectivity index is 2.36. The van der Waals surface area contributed by atoms with Gasteiger partial charge in [-0.05, 0) is 25.0 Å². The molecule has 0 amide bonds. The second-order valence-electron chi connectivity index (χ2n) is 4.82. The van der Waals surface area contributed by atoms with Crippen LogP contribution in [0.25, 0.3) is 0 Å². The summed E-state index contributed by atoms with van der Waals surface area (Å²) in [5, 5.41) is 0. The fourth-order valence-electron chi connectivity index (χ4n) is 2.44. The van der Waals surface area contributed by atoms with E-state index in [4.69, 9.17) is 5.73 Å². The van der Waals surface area contributed by atoms with E-state index in [1.807, 2.05) is 12.1 Å². The van der Waals surface area contributed by atoms with Gasteiger partial charge in [-0.1, -0.05) is 19.1 Å². The zero-order valence-electron chi connectivity index (χ0n) is 11.2. The number of anilines is 1. The van der Waals surface area contributed by atoms with Crippen molar-refractivity contribution >= 4 is 15.7 Å². The topological polar surface area (TPSA) is 75.4 Å². The summed E-state index contributed by atoms with van der Waals surface area (Å²) in [6.45, 7) is 3.72. The zero-order valence-corrected chi connectivity index (χ0v) is 12.0. The number of nitrogens with two attached hydrogens (primary N) is 1. The number of sulfonamides is 1. The Morgan fingerprint density at radius 2 is 2.16 bits per heavy atom. The molecule has 1 aromatic rings. The Morgan fingerprint density at radius 3 is 2.84 bits per heavy atom. The van der Waals surface area contributed by atoms with E-state index < -0.39 is 10.0 Å². The number of hydrogen-bond donors (Lipinski definition) is 2. The highest BCUT2D eigenvalue weighted by Crippen LogP contribution is 2.27. The van der Waals surface area contributed by atoms with Crippen molar-refractivity contribution in [1.82, 2.24) is 4.72 Å². The highest BCUT2D eigenvalue weighted by atomic mass is 32.2. The molecule has 0 bridgehead atoms. The van der Waals surface area contributed by atoms with Crippen molar-refractivity contribution in [2.45, 2.75) is 30.7 Å². The molecule has 1 aliphatic heterocycles. The van der Waals surface area contributed by atoms with E-state index in [1.54, 1.807) is 19.1 Å². The molecule has 0 aromatic heterocycles. The van der Waals surface area contributed by atoms with Crippen molar-refractivity contribution in [3.63, 3.8) is 0 Å². The van der Waals surface area contributed by atoms with Crippen molar-refractivity contribution in [3.8, 4) is 0 Å². The van der Waals surface area contributed by atoms with E-state index >= 15 is 0 Å². The molecular weight excluding hydrogens is 262 g/mol. The van der Waals surface area contributed by atoms with Gasteiger partial charge in [-0.25, -0.2) is 13.1 Å². The lowest BCUT2D eigenvalue weighted by atomic mass is 10.1. The van der Waals surface area contributed by atoms with Crippen molar-refractivity contribution in [3.05, 3.63) is 24.3 Å². The first-order valence-corrected chi connectivity index (χ1v) is 8.12. The van der Waals surface area contributed by atoms with Crippen LogP contribution < -0.4 is 15.4 Å². The predicted octanol–water partition coefficient (Wildman–Crippen LogP) is 0.912. The Morgan fingerprint density at radius 1 is 1.42 bits per heavy atom. The minimum Gasteiger partial charge on any atom is -0.369 e. The van der Waals surface area contributed by atoms with Gasteiger partial charge in [-0.2, -0.15) is 0 Å². The third-order valence-corrected chi connectivity index (χ3v) is 4.88. The highest BCUT2D eigenvalue weighted by Gasteiger charge is 2.24. The quantitative estimate of drug-likeness (QED) is 0.861. The van der Waals surface area contributed by atoms with Crippen LogP contribution in [0.4, 0.5) is 5.69 Å². The first-order chi connectivity index (χ1) is 9.04. The van der Waals surface area contributed by atoms with Gasteiger partial charge >= 0.3 is 0 Å². The summed E-state index contributed by atoms with van der Waals surface area (Å²) < 4.78 is 27.0. The van der Waals surface area contributed by atoms with Gasteiger partial charge in [0.25, 0.3) is 0 Å². The number of benzene rings is 1. The SMILES string of the molecule is CCNS(=O)(=O)c1ccccc1N1CCCC(N)C1. The van der Waals surface area contributed by atoms with Gasteiger partial charge in [0.15, 0.2) is 0 Å². The summed E-state index contributed by atoms with van der Waals surface area (Å²) in [5.74, 6) is 0. The minimum absolute atomic E-state index is 0.114. The van der Waals surface area contributed by atoms with Gasteiger partial charge in [0.2, 0.25) is 10.0 Å². The fraction of sp³-hybridized carbons (Fsp3) is 0.538. The largest absolute Gasteiger partial charge is 0.369 e. The molecule has 0 aliphatic carbocycles. The van der Waals surface area contributed by atoms with Crippen LogP contribution in [-0.4, -0.2) is 34.1 Å². The number of nitrogens with one attached hydrogen (secondary N) is 1. The van der Waals surface area contributed by atoms with Crippen LogP contribution in [0.3, 0.4) is 0 Å². The molecule has 0 spiro atoms. The molecule has 106 valence electrons. The van der Waals surface area contributed by atoms with Crippen LogP contribution in [0.5, 0.6) is 0 Å². The van der Waals surface area contributed by atoms with Crippen LogP contribution in [0, 0.1) is 0 Å². The smallest absolute Gasteiger partial charge is 0.242 e. The van der Waals surface area contributed by atoms with E-state index in [9.17, 15) is 8.42 Å². The van der Waals surface area contributed by atoms with Crippen molar-refractivity contribution in [2.75, 3.05) is 24.5 Å². The summed E-state index contributed by atoms with van der Waals surface area (Å²) in [4.78, 5) is 2.41. The molecule has 6 heteroatoms. The minimum atomic E-state index is -3.44. The maximum Gasteiger partial charge on any atom is 0.242 e. The Hall–Kier alpha value is -1.11. The number of nitrogens with zero attached hydrogens (tertiary/aromatic N) is 1. The van der Waals surface area contributed by atoms with Gasteiger partial charge in [0.1, 0.15) is 4.90 Å². The fourth-order valence-corrected chi connectivity index (χ4v) is 3.71. The second kappa shape index (κ2) is 5.90. The molecule has 1 unspecified atom stereocenters. The molecule has 0 saturated carbocycles. The van der Waals surface area contributed by atoms with Gasteiger partial charge in [0, 0.05) is 25.7 Å². The van der Waals surface area contributed by atoms with Crippen molar-refractivity contribution < 1.29 is 8.42 Å². The predicted molar refractivity (Wildman–Crippen MR) is 76.7 cm³/mol. The lowest BCUT2D eigenvalue weighted by molar-refractivity contribution is 0.503. The average molecular weight is 283 g/mol. The van der Waals surface area contributed by atoms with Crippen molar-refractivity contribution in [2.24, 2.45) is 5.73 Å². The van der Waals surface area contributed by atoms with Crippen LogP contribution >= 0.6 is 0 Å². The normalized spacial score (nSPS) is 20.5. The lowest BCUT2D eigenvalue weighted by Gasteiger charge is -2.33. The Kier molecular flexibility index (Phi) is 4.44. The van der Waals surface area contributed by atoms with E-state index in [2.05, 4.69) is 9.62 Å². The number of piperidine rings is 1. The third kappa shape index (κ3) is 3.26. The second-order valence-corrected chi connectivity index (χ2v) is 6.55. The highest BCUT2D eigenvalue weighted by molar-refractivity contribution is 7.89. The summed E-state index contributed by atoms with van der Waals surface area (Å²) in [7, 11) is -3.44. The molecule has 1 atom stereocenters. The number of para-hydroxylation sites is 1. The molecule has 5 nitrogen and oxygen atoms in total. The lowest BCUT2D eigenvalue weighted by Crippen LogP contribution is -2.43. The maximum absolute atomic E-state index is 12.2. The molecule has 19 heavy (non-hydrogen) atoms. The first kappa shape index (κ1) is 14.3. The van der Waals surface area contributed by atoms with Crippen LogP contribution in [0.2, 0.25) is 0 Å². The van der Waals surface area contributed by atoms with Crippen molar-refractivity contribution in [1.29, 1.82) is 0 Å². The zero-order chi connectivity index (χ0) is 13.9. The van der Waals surface area contributed by atoms with Gasteiger partial charge < -0.3 is 10.6 Å². The standard InChI is InChI=1S/C13H21N3O2S/c1-2-15-19(17,18)13-8-4-3-7-12(13)16-9-5-6-11(14)10-16/h3-4,7-8,11,15H,2,5-6,9-10,14H2,1H3. The van der Waals surface area contributed by atoms with Gasteiger partial charge in [-0.15, -0.1) is 0 Å². The summed E-state index contributed by atoms with van der Waals surface area (Å²) in [5.41, 5.74) is 6.72. The molecule has 1 aliphatic rings. The van der Waals surface area contributed by atoms with E-state index in [0.717, 1.165) is 25.1 Å². The Labute approximate surface area is 114 Å². The van der Waals surface area contributed by atoms with E-state index in [1.165, 1.54) is 0 Å². The van der Waals surface area contributed by atoms with E-state index in [-0.39, 0.29) is 6.04 Å². The number of hydrogen-bond acceptors (Lipinski definition) is 4. The van der Waals surface area contributed by atoms with Gasteiger partial charge in [0.05, 0.1) is 5.69 Å². The monoisotopic (exact) mass is 283 g/mol. The summed E-state index contributed by atoms with van der Waals surface area (Å²) in [6, 6.07) is 7.22. The van der Waals surface area contributed by atoms with Crippen LogP contribution in [-0.2, 0) is 10.0 Å². The number of rotatable bonds is 4. The first-order valence-electron chi connectivity index (χ1n) is 6.64. The molecule has 3 N–H and O–H groups in total. The molecule has 0 radical (unpaired) electrons. The molecule has 2 rings (SSSR count). The Bertz CT molecular complexity index is 530. The maximum atomic E-state index is 12.2. The molecule has 1 aromatic carbocycles. The molecule has 1 saturated heterocycles. The molecule has 1 heterocycles. The summed E-state index contributed by atoms with van der Waals surface area (Å²) >= 11 is 0. The van der Waals surface area contributed by atoms with E-state index in [0.29, 0.717) is 18.0 Å². The molecule has 1 fully saturated rings. The average Bonchev–Trinajstić information content (AvgIpc) is 2.39. The molecular formula is C13H21N3O2S. The van der Waals surface area contributed by atoms with Crippen LogP contribution in [0.15, 0.2) is 29.2 Å². The van der Waals surface area contributed by atoms with Gasteiger partial charge in [-0.3, -0.25) is 0 Å². The summed E-state index contributed by atoms with van der Waals surface area (Å²) in [6.07, 6.45) is 2.00. The third-order valence-electron chi connectivity index (χ3n) is 3.29. The van der Waals surface area contributed by atoms with Crippen LogP contribution in [0.1, 0.15) is 19.8 Å².